The summed E-state index contributed by atoms with van der Waals surface area (Å²) in [4.78, 5) is 10.5. The summed E-state index contributed by atoms with van der Waals surface area (Å²) in [6.45, 7) is 2.15. The molecule has 0 amide bonds. The van der Waals surface area contributed by atoms with Crippen molar-refractivity contribution in [3.05, 3.63) is 47.5 Å². The SMILES string of the molecule is CCCc1ccc(C(/C=C/C(=O)O)NC)cc1. The molecule has 0 saturated heterocycles. The average molecular weight is 233 g/mol. The first-order chi connectivity index (χ1) is 8.17. The van der Waals surface area contributed by atoms with Crippen molar-refractivity contribution in [2.45, 2.75) is 25.8 Å². The van der Waals surface area contributed by atoms with E-state index in [1.807, 2.05) is 19.2 Å². The molecule has 1 atom stereocenters. The number of rotatable bonds is 6. The third-order valence-electron chi connectivity index (χ3n) is 2.62. The molecule has 1 unspecified atom stereocenters. The van der Waals surface area contributed by atoms with Gasteiger partial charge < -0.3 is 10.4 Å². The minimum Gasteiger partial charge on any atom is -0.478 e. The number of carbonyl (C=O) groups is 1. The average Bonchev–Trinajstić information content (AvgIpc) is 2.32. The van der Waals surface area contributed by atoms with Crippen molar-refractivity contribution in [1.29, 1.82) is 0 Å². The molecule has 0 saturated carbocycles. The summed E-state index contributed by atoms with van der Waals surface area (Å²) >= 11 is 0. The van der Waals surface area contributed by atoms with Crippen LogP contribution in [0.3, 0.4) is 0 Å². The lowest BCUT2D eigenvalue weighted by molar-refractivity contribution is -0.131. The number of carboxylic acid groups (broad SMARTS) is 1. The van der Waals surface area contributed by atoms with E-state index in [4.69, 9.17) is 5.11 Å². The molecular formula is C14H19NO2. The summed E-state index contributed by atoms with van der Waals surface area (Å²) in [6.07, 6.45) is 5.03. The van der Waals surface area contributed by atoms with E-state index in [1.165, 1.54) is 11.6 Å². The van der Waals surface area contributed by atoms with Gasteiger partial charge in [-0.15, -0.1) is 0 Å². The molecule has 1 rings (SSSR count). The summed E-state index contributed by atoms with van der Waals surface area (Å²) < 4.78 is 0. The van der Waals surface area contributed by atoms with Crippen LogP contribution in [0.15, 0.2) is 36.4 Å². The Kier molecular flexibility index (Phi) is 5.43. The lowest BCUT2D eigenvalue weighted by atomic mass is 10.0. The normalized spacial score (nSPS) is 12.8. The minimum absolute atomic E-state index is 0.0539. The number of aryl methyl sites for hydroxylation is 1. The summed E-state index contributed by atoms with van der Waals surface area (Å²) in [5.41, 5.74) is 2.39. The molecule has 0 bridgehead atoms. The van der Waals surface area contributed by atoms with E-state index < -0.39 is 5.97 Å². The Hall–Kier alpha value is -1.61. The maximum atomic E-state index is 10.5. The highest BCUT2D eigenvalue weighted by Crippen LogP contribution is 2.15. The van der Waals surface area contributed by atoms with Crippen molar-refractivity contribution in [2.75, 3.05) is 7.05 Å². The van der Waals surface area contributed by atoms with Crippen LogP contribution in [0.4, 0.5) is 0 Å². The molecule has 0 heterocycles. The Balaban J connectivity index is 2.78. The molecule has 0 aliphatic rings. The maximum absolute atomic E-state index is 10.5. The van der Waals surface area contributed by atoms with Gasteiger partial charge in [0.2, 0.25) is 0 Å². The topological polar surface area (TPSA) is 49.3 Å². The molecule has 0 aliphatic carbocycles. The number of carboxylic acids is 1. The summed E-state index contributed by atoms with van der Waals surface area (Å²) in [5.74, 6) is -0.923. The molecular weight excluding hydrogens is 214 g/mol. The molecule has 17 heavy (non-hydrogen) atoms. The second-order valence-corrected chi connectivity index (χ2v) is 3.96. The van der Waals surface area contributed by atoms with E-state index >= 15 is 0 Å². The highest BCUT2D eigenvalue weighted by Gasteiger charge is 2.05. The van der Waals surface area contributed by atoms with Gasteiger partial charge >= 0.3 is 5.97 Å². The van der Waals surface area contributed by atoms with E-state index in [2.05, 4.69) is 24.4 Å². The van der Waals surface area contributed by atoms with Crippen LogP contribution >= 0.6 is 0 Å². The third kappa shape index (κ3) is 4.41. The highest BCUT2D eigenvalue weighted by atomic mass is 16.4. The second-order valence-electron chi connectivity index (χ2n) is 3.96. The lowest BCUT2D eigenvalue weighted by Crippen LogP contribution is -2.14. The fraction of sp³-hybridized carbons (Fsp3) is 0.357. The van der Waals surface area contributed by atoms with Crippen LogP contribution in [0.1, 0.15) is 30.5 Å². The van der Waals surface area contributed by atoms with Crippen molar-refractivity contribution >= 4 is 5.97 Å². The molecule has 0 aliphatic heterocycles. The van der Waals surface area contributed by atoms with Crippen molar-refractivity contribution < 1.29 is 9.90 Å². The Morgan fingerprint density at radius 2 is 2.06 bits per heavy atom. The van der Waals surface area contributed by atoms with Crippen LogP contribution < -0.4 is 5.32 Å². The molecule has 1 aromatic carbocycles. The summed E-state index contributed by atoms with van der Waals surface area (Å²) in [5, 5.41) is 11.7. The predicted octanol–water partition coefficient (Wildman–Crippen LogP) is 2.54. The van der Waals surface area contributed by atoms with Gasteiger partial charge in [-0.05, 0) is 24.6 Å². The predicted molar refractivity (Wildman–Crippen MR) is 69.0 cm³/mol. The summed E-state index contributed by atoms with van der Waals surface area (Å²) in [6, 6.07) is 8.22. The van der Waals surface area contributed by atoms with Gasteiger partial charge in [-0.1, -0.05) is 43.7 Å². The molecule has 92 valence electrons. The van der Waals surface area contributed by atoms with Crippen LogP contribution in [0.5, 0.6) is 0 Å². The van der Waals surface area contributed by atoms with Crippen molar-refractivity contribution in [1.82, 2.24) is 5.32 Å². The molecule has 0 radical (unpaired) electrons. The van der Waals surface area contributed by atoms with E-state index in [1.54, 1.807) is 6.08 Å². The molecule has 3 heteroatoms. The van der Waals surface area contributed by atoms with Crippen molar-refractivity contribution in [2.24, 2.45) is 0 Å². The fourth-order valence-electron chi connectivity index (χ4n) is 1.73. The van der Waals surface area contributed by atoms with Gasteiger partial charge in [-0.25, -0.2) is 4.79 Å². The molecule has 0 fully saturated rings. The Labute approximate surface area is 102 Å². The third-order valence-corrected chi connectivity index (χ3v) is 2.62. The maximum Gasteiger partial charge on any atom is 0.328 e. The number of likely N-dealkylation sites (N-methyl/N-ethyl adjacent to an activating group) is 1. The Bertz CT molecular complexity index is 382. The monoisotopic (exact) mass is 233 g/mol. The first-order valence-corrected chi connectivity index (χ1v) is 5.84. The van der Waals surface area contributed by atoms with Gasteiger partial charge in [-0.2, -0.15) is 0 Å². The van der Waals surface area contributed by atoms with E-state index in [0.717, 1.165) is 18.4 Å². The second kappa shape index (κ2) is 6.86. The van der Waals surface area contributed by atoms with Crippen molar-refractivity contribution in [3.63, 3.8) is 0 Å². The van der Waals surface area contributed by atoms with Crippen LogP contribution in [-0.2, 0) is 11.2 Å². The van der Waals surface area contributed by atoms with Crippen LogP contribution in [0, 0.1) is 0 Å². The van der Waals surface area contributed by atoms with Gasteiger partial charge in [0.15, 0.2) is 0 Å². The number of benzene rings is 1. The van der Waals surface area contributed by atoms with E-state index in [9.17, 15) is 4.79 Å². The number of nitrogens with one attached hydrogen (secondary N) is 1. The van der Waals surface area contributed by atoms with Gasteiger partial charge in [0, 0.05) is 6.08 Å². The lowest BCUT2D eigenvalue weighted by Gasteiger charge is -2.12. The minimum atomic E-state index is -0.923. The quantitative estimate of drug-likeness (QED) is 0.742. The number of hydrogen-bond acceptors (Lipinski definition) is 2. The van der Waals surface area contributed by atoms with Crippen LogP contribution in [0.2, 0.25) is 0 Å². The van der Waals surface area contributed by atoms with E-state index in [-0.39, 0.29) is 6.04 Å². The first-order valence-electron chi connectivity index (χ1n) is 5.84. The zero-order valence-electron chi connectivity index (χ0n) is 10.3. The van der Waals surface area contributed by atoms with E-state index in [0.29, 0.717) is 0 Å². The fourth-order valence-corrected chi connectivity index (χ4v) is 1.73. The zero-order valence-corrected chi connectivity index (χ0v) is 10.3. The molecule has 1 aromatic rings. The van der Waals surface area contributed by atoms with Crippen molar-refractivity contribution in [3.8, 4) is 0 Å². The number of hydrogen-bond donors (Lipinski definition) is 2. The molecule has 2 N–H and O–H groups in total. The molecule has 0 aromatic heterocycles. The summed E-state index contributed by atoms with van der Waals surface area (Å²) in [7, 11) is 1.82. The first kappa shape index (κ1) is 13.5. The standard InChI is InChI=1S/C14H19NO2/c1-3-4-11-5-7-12(8-6-11)13(15-2)9-10-14(16)17/h5-10,13,15H,3-4H2,1-2H3,(H,16,17)/b10-9+. The Morgan fingerprint density at radius 1 is 1.41 bits per heavy atom. The van der Waals surface area contributed by atoms with Gasteiger partial charge in [0.05, 0.1) is 6.04 Å². The smallest absolute Gasteiger partial charge is 0.328 e. The Morgan fingerprint density at radius 3 is 2.53 bits per heavy atom. The molecule has 0 spiro atoms. The molecule has 3 nitrogen and oxygen atoms in total. The van der Waals surface area contributed by atoms with Gasteiger partial charge in [0.1, 0.15) is 0 Å². The van der Waals surface area contributed by atoms with Gasteiger partial charge in [0.25, 0.3) is 0 Å². The van der Waals surface area contributed by atoms with Crippen LogP contribution in [-0.4, -0.2) is 18.1 Å². The van der Waals surface area contributed by atoms with Crippen LogP contribution in [0.25, 0.3) is 0 Å². The van der Waals surface area contributed by atoms with Gasteiger partial charge in [-0.3, -0.25) is 0 Å². The number of aliphatic carboxylic acids is 1. The highest BCUT2D eigenvalue weighted by molar-refractivity contribution is 5.79. The largest absolute Gasteiger partial charge is 0.478 e. The zero-order chi connectivity index (χ0) is 12.7.